The van der Waals surface area contributed by atoms with Gasteiger partial charge in [-0.05, 0) is 42.8 Å². The minimum atomic E-state index is -0.0534. The number of aromatic nitrogens is 1. The monoisotopic (exact) mass is 296 g/mol. The molecule has 1 aromatic heterocycles. The number of carbonyl (C=O) groups excluding carboxylic acids is 1. The van der Waals surface area contributed by atoms with Gasteiger partial charge in [-0.2, -0.15) is 0 Å². The summed E-state index contributed by atoms with van der Waals surface area (Å²) in [7, 11) is 0. The molecule has 1 aromatic rings. The van der Waals surface area contributed by atoms with E-state index < -0.39 is 0 Å². The molecule has 0 spiro atoms. The largest absolute Gasteiger partial charge is 0.350 e. The van der Waals surface area contributed by atoms with Crippen LogP contribution in [0.2, 0.25) is 0 Å². The number of hydrogen-bond acceptors (Lipinski definition) is 1. The summed E-state index contributed by atoms with van der Waals surface area (Å²) in [6.45, 7) is 6.47. The second-order valence-corrected chi connectivity index (χ2v) is 4.89. The minimum Gasteiger partial charge on any atom is -0.350 e. The van der Waals surface area contributed by atoms with E-state index in [9.17, 15) is 4.79 Å². The predicted molar refractivity (Wildman–Crippen MR) is 72.9 cm³/mol. The third-order valence-electron chi connectivity index (χ3n) is 2.32. The number of amides is 1. The SMILES string of the molecule is CC#CCCNC(=O)c1cc(Br)cn1C(C)C. The summed E-state index contributed by atoms with van der Waals surface area (Å²) in [5.74, 6) is 5.66. The van der Waals surface area contributed by atoms with Gasteiger partial charge in [-0.3, -0.25) is 4.79 Å². The lowest BCUT2D eigenvalue weighted by Gasteiger charge is -2.12. The first kappa shape index (κ1) is 13.9. The molecule has 92 valence electrons. The molecule has 0 unspecified atom stereocenters. The van der Waals surface area contributed by atoms with E-state index in [1.807, 2.05) is 30.7 Å². The van der Waals surface area contributed by atoms with Crippen molar-refractivity contribution >= 4 is 21.8 Å². The van der Waals surface area contributed by atoms with Crippen LogP contribution in [0.3, 0.4) is 0 Å². The fourth-order valence-corrected chi connectivity index (χ4v) is 1.95. The zero-order valence-electron chi connectivity index (χ0n) is 10.4. The average molecular weight is 297 g/mol. The Morgan fingerprint density at radius 2 is 2.29 bits per heavy atom. The Kier molecular flexibility index (Phi) is 5.30. The summed E-state index contributed by atoms with van der Waals surface area (Å²) in [4.78, 5) is 11.9. The molecule has 0 aliphatic carbocycles. The summed E-state index contributed by atoms with van der Waals surface area (Å²) in [6, 6.07) is 2.10. The quantitative estimate of drug-likeness (QED) is 0.673. The first-order chi connectivity index (χ1) is 8.06. The van der Waals surface area contributed by atoms with Crippen LogP contribution in [0.15, 0.2) is 16.7 Å². The van der Waals surface area contributed by atoms with Crippen molar-refractivity contribution in [2.75, 3.05) is 6.54 Å². The van der Waals surface area contributed by atoms with Gasteiger partial charge < -0.3 is 9.88 Å². The molecule has 1 N–H and O–H groups in total. The van der Waals surface area contributed by atoms with Gasteiger partial charge in [0.1, 0.15) is 5.69 Å². The molecule has 0 aliphatic rings. The number of carbonyl (C=O) groups is 1. The molecule has 3 nitrogen and oxygen atoms in total. The number of hydrogen-bond donors (Lipinski definition) is 1. The van der Waals surface area contributed by atoms with Gasteiger partial charge in [0.25, 0.3) is 5.91 Å². The third-order valence-corrected chi connectivity index (χ3v) is 2.75. The van der Waals surface area contributed by atoms with Gasteiger partial charge in [0.2, 0.25) is 0 Å². The van der Waals surface area contributed by atoms with E-state index in [0.29, 0.717) is 18.7 Å². The van der Waals surface area contributed by atoms with Gasteiger partial charge in [-0.1, -0.05) is 0 Å². The average Bonchev–Trinajstić information content (AvgIpc) is 2.66. The zero-order valence-corrected chi connectivity index (χ0v) is 12.0. The van der Waals surface area contributed by atoms with Crippen LogP contribution < -0.4 is 5.32 Å². The predicted octanol–water partition coefficient (Wildman–Crippen LogP) is 2.97. The Morgan fingerprint density at radius 3 is 2.88 bits per heavy atom. The van der Waals surface area contributed by atoms with E-state index >= 15 is 0 Å². The molecule has 0 saturated heterocycles. The second-order valence-electron chi connectivity index (χ2n) is 3.98. The van der Waals surface area contributed by atoms with E-state index in [1.165, 1.54) is 0 Å². The summed E-state index contributed by atoms with van der Waals surface area (Å²) in [5.41, 5.74) is 0.677. The molecule has 1 rings (SSSR count). The molecule has 0 saturated carbocycles. The summed E-state index contributed by atoms with van der Waals surface area (Å²) >= 11 is 3.39. The highest BCUT2D eigenvalue weighted by Gasteiger charge is 2.13. The highest BCUT2D eigenvalue weighted by molar-refractivity contribution is 9.10. The Bertz CT molecular complexity index is 452. The van der Waals surface area contributed by atoms with E-state index in [1.54, 1.807) is 6.92 Å². The fraction of sp³-hybridized carbons (Fsp3) is 0.462. The summed E-state index contributed by atoms with van der Waals surface area (Å²) < 4.78 is 2.87. The normalized spacial score (nSPS) is 9.94. The molecule has 0 aliphatic heterocycles. The molecule has 1 amide bonds. The molecule has 0 radical (unpaired) electrons. The van der Waals surface area contributed by atoms with Crippen molar-refractivity contribution in [1.82, 2.24) is 9.88 Å². The first-order valence-corrected chi connectivity index (χ1v) is 6.40. The topological polar surface area (TPSA) is 34.0 Å². The van der Waals surface area contributed by atoms with E-state index in [2.05, 4.69) is 33.1 Å². The highest BCUT2D eigenvalue weighted by Crippen LogP contribution is 2.19. The van der Waals surface area contributed by atoms with Crippen LogP contribution in [0.4, 0.5) is 0 Å². The molecule has 0 aromatic carbocycles. The van der Waals surface area contributed by atoms with Crippen molar-refractivity contribution in [2.45, 2.75) is 33.2 Å². The Morgan fingerprint density at radius 1 is 1.59 bits per heavy atom. The molecule has 0 atom stereocenters. The first-order valence-electron chi connectivity index (χ1n) is 5.61. The Balaban J connectivity index is 2.70. The van der Waals surface area contributed by atoms with Crippen molar-refractivity contribution in [1.29, 1.82) is 0 Å². The van der Waals surface area contributed by atoms with Crippen LogP contribution in [0.25, 0.3) is 0 Å². The number of halogens is 1. The Labute approximate surface area is 111 Å². The maximum Gasteiger partial charge on any atom is 0.267 e. The lowest BCUT2D eigenvalue weighted by Crippen LogP contribution is -2.27. The van der Waals surface area contributed by atoms with E-state index in [0.717, 1.165) is 4.47 Å². The number of nitrogens with zero attached hydrogens (tertiary/aromatic N) is 1. The molecule has 0 fully saturated rings. The van der Waals surface area contributed by atoms with Crippen LogP contribution >= 0.6 is 15.9 Å². The van der Waals surface area contributed by atoms with Crippen molar-refractivity contribution in [2.24, 2.45) is 0 Å². The molecular formula is C13H17BrN2O. The maximum absolute atomic E-state index is 11.9. The van der Waals surface area contributed by atoms with Crippen molar-refractivity contribution in [3.8, 4) is 11.8 Å². The van der Waals surface area contributed by atoms with Crippen LogP contribution in [0, 0.1) is 11.8 Å². The van der Waals surface area contributed by atoms with Crippen LogP contribution in [-0.4, -0.2) is 17.0 Å². The van der Waals surface area contributed by atoms with Crippen molar-refractivity contribution in [3.63, 3.8) is 0 Å². The molecule has 1 heterocycles. The van der Waals surface area contributed by atoms with Gasteiger partial charge in [0, 0.05) is 29.7 Å². The van der Waals surface area contributed by atoms with Gasteiger partial charge in [-0.25, -0.2) is 0 Å². The second kappa shape index (κ2) is 6.51. The van der Waals surface area contributed by atoms with E-state index in [-0.39, 0.29) is 11.9 Å². The standard InChI is InChI=1S/C13H17BrN2O/c1-4-5-6-7-15-13(17)12-8-11(14)9-16(12)10(2)3/h8-10H,6-7H2,1-3H3,(H,15,17). The Hall–Kier alpha value is -1.21. The lowest BCUT2D eigenvalue weighted by molar-refractivity contribution is 0.0944. The molecule has 17 heavy (non-hydrogen) atoms. The van der Waals surface area contributed by atoms with Crippen LogP contribution in [0.5, 0.6) is 0 Å². The fourth-order valence-electron chi connectivity index (χ4n) is 1.51. The number of nitrogens with one attached hydrogen (secondary N) is 1. The zero-order chi connectivity index (χ0) is 12.8. The van der Waals surface area contributed by atoms with Gasteiger partial charge in [-0.15, -0.1) is 11.8 Å². The van der Waals surface area contributed by atoms with Crippen LogP contribution in [-0.2, 0) is 0 Å². The van der Waals surface area contributed by atoms with Crippen molar-refractivity contribution in [3.05, 3.63) is 22.4 Å². The van der Waals surface area contributed by atoms with Gasteiger partial charge >= 0.3 is 0 Å². The minimum absolute atomic E-state index is 0.0534. The molecular weight excluding hydrogens is 280 g/mol. The summed E-state index contributed by atoms with van der Waals surface area (Å²) in [6.07, 6.45) is 2.61. The maximum atomic E-state index is 11.9. The summed E-state index contributed by atoms with van der Waals surface area (Å²) in [5, 5.41) is 2.86. The van der Waals surface area contributed by atoms with E-state index in [4.69, 9.17) is 0 Å². The molecule has 0 bridgehead atoms. The third kappa shape index (κ3) is 3.94. The molecule has 4 heteroatoms. The lowest BCUT2D eigenvalue weighted by atomic mass is 10.3. The number of rotatable bonds is 4. The van der Waals surface area contributed by atoms with Crippen molar-refractivity contribution < 1.29 is 4.79 Å². The highest BCUT2D eigenvalue weighted by atomic mass is 79.9. The van der Waals surface area contributed by atoms with Crippen LogP contribution in [0.1, 0.15) is 43.7 Å². The van der Waals surface area contributed by atoms with Gasteiger partial charge in [0.15, 0.2) is 0 Å². The smallest absolute Gasteiger partial charge is 0.267 e. The van der Waals surface area contributed by atoms with Gasteiger partial charge in [0.05, 0.1) is 0 Å².